The van der Waals surface area contributed by atoms with Gasteiger partial charge in [-0.3, -0.25) is 4.79 Å². The van der Waals surface area contributed by atoms with Gasteiger partial charge in [-0.1, -0.05) is 6.07 Å². The maximum Gasteiger partial charge on any atom is 0.573 e. The molecule has 0 spiro atoms. The molecule has 1 atom stereocenters. The zero-order valence-corrected chi connectivity index (χ0v) is 12.1. The number of carbonyl (C=O) groups is 1. The average molecular weight is 317 g/mol. The van der Waals surface area contributed by atoms with Crippen LogP contribution in [0.2, 0.25) is 0 Å². The molecule has 0 aromatic heterocycles. The lowest BCUT2D eigenvalue weighted by atomic mass is 10.2. The number of alkyl halides is 3. The number of piperazine rings is 1. The van der Waals surface area contributed by atoms with E-state index in [0.717, 1.165) is 0 Å². The molecule has 1 fully saturated rings. The molecule has 1 aliphatic heterocycles. The Hall–Kier alpha value is -1.96. The number of halogens is 3. The molecule has 1 unspecified atom stereocenters. The van der Waals surface area contributed by atoms with Crippen LogP contribution >= 0.6 is 0 Å². The fraction of sp³-hybridized carbons (Fsp3) is 0.500. The van der Waals surface area contributed by atoms with Crippen molar-refractivity contribution in [2.75, 3.05) is 31.1 Å². The van der Waals surface area contributed by atoms with Crippen LogP contribution in [0.25, 0.3) is 0 Å². The lowest BCUT2D eigenvalue weighted by molar-refractivity contribution is -0.274. The first-order valence-electron chi connectivity index (χ1n) is 6.91. The van der Waals surface area contributed by atoms with Gasteiger partial charge in [-0.05, 0) is 19.1 Å². The van der Waals surface area contributed by atoms with Gasteiger partial charge in [0, 0.05) is 37.9 Å². The summed E-state index contributed by atoms with van der Waals surface area (Å²) >= 11 is 0. The molecule has 2 N–H and O–H groups in total. The maximum atomic E-state index is 12.2. The van der Waals surface area contributed by atoms with Gasteiger partial charge in [0.1, 0.15) is 5.75 Å². The standard InChI is InChI=1S/C14H18F3N3O2/c1-10(18)13(21)20-7-5-19(6-8-20)11-3-2-4-12(9-11)22-14(15,16)17/h2-4,9-10H,5-8,18H2,1H3. The van der Waals surface area contributed by atoms with Gasteiger partial charge in [-0.25, -0.2) is 0 Å². The van der Waals surface area contributed by atoms with E-state index in [-0.39, 0.29) is 11.7 Å². The van der Waals surface area contributed by atoms with Crippen LogP contribution in [0.5, 0.6) is 5.75 Å². The van der Waals surface area contributed by atoms with Crippen molar-refractivity contribution in [3.8, 4) is 5.75 Å². The van der Waals surface area contributed by atoms with E-state index in [1.807, 2.05) is 4.90 Å². The Morgan fingerprint density at radius 1 is 1.27 bits per heavy atom. The first kappa shape index (κ1) is 16.4. The summed E-state index contributed by atoms with van der Waals surface area (Å²) in [6.07, 6.45) is -4.71. The van der Waals surface area contributed by atoms with Gasteiger partial charge in [0.15, 0.2) is 0 Å². The molecule has 1 saturated heterocycles. The predicted octanol–water partition coefficient (Wildman–Crippen LogP) is 1.58. The van der Waals surface area contributed by atoms with Gasteiger partial charge in [0.05, 0.1) is 6.04 Å². The van der Waals surface area contributed by atoms with Gasteiger partial charge >= 0.3 is 6.36 Å². The second-order valence-corrected chi connectivity index (χ2v) is 5.15. The van der Waals surface area contributed by atoms with Crippen LogP contribution in [-0.2, 0) is 4.79 Å². The summed E-state index contributed by atoms with van der Waals surface area (Å²) in [4.78, 5) is 15.4. The molecule has 22 heavy (non-hydrogen) atoms. The molecular formula is C14H18F3N3O2. The SMILES string of the molecule is CC(N)C(=O)N1CCN(c2cccc(OC(F)(F)F)c2)CC1. The van der Waals surface area contributed by atoms with Crippen LogP contribution in [0.3, 0.4) is 0 Å². The number of amides is 1. The van der Waals surface area contributed by atoms with Crippen molar-refractivity contribution < 1.29 is 22.7 Å². The minimum Gasteiger partial charge on any atom is -0.406 e. The van der Waals surface area contributed by atoms with Gasteiger partial charge in [0.25, 0.3) is 0 Å². The van der Waals surface area contributed by atoms with Crippen molar-refractivity contribution >= 4 is 11.6 Å². The number of anilines is 1. The smallest absolute Gasteiger partial charge is 0.406 e. The number of nitrogens with zero attached hydrogens (tertiary/aromatic N) is 2. The summed E-state index contributed by atoms with van der Waals surface area (Å²) in [7, 11) is 0. The summed E-state index contributed by atoms with van der Waals surface area (Å²) in [5.41, 5.74) is 6.20. The first-order valence-corrected chi connectivity index (χ1v) is 6.91. The van der Waals surface area contributed by atoms with E-state index in [1.165, 1.54) is 18.2 Å². The van der Waals surface area contributed by atoms with E-state index in [0.29, 0.717) is 31.9 Å². The first-order chi connectivity index (χ1) is 10.3. The number of rotatable bonds is 3. The number of benzene rings is 1. The van der Waals surface area contributed by atoms with Crippen molar-refractivity contribution in [3.63, 3.8) is 0 Å². The minimum absolute atomic E-state index is 0.117. The molecule has 8 heteroatoms. The second kappa shape index (κ2) is 6.43. The number of hydrogen-bond donors (Lipinski definition) is 1. The fourth-order valence-electron chi connectivity index (χ4n) is 2.35. The molecule has 1 heterocycles. The molecule has 1 amide bonds. The molecule has 5 nitrogen and oxygen atoms in total. The Morgan fingerprint density at radius 2 is 1.91 bits per heavy atom. The van der Waals surface area contributed by atoms with Gasteiger partial charge in [0.2, 0.25) is 5.91 Å². The zero-order valence-electron chi connectivity index (χ0n) is 12.1. The highest BCUT2D eigenvalue weighted by Crippen LogP contribution is 2.27. The molecule has 1 aromatic carbocycles. The summed E-state index contributed by atoms with van der Waals surface area (Å²) in [5, 5.41) is 0. The molecular weight excluding hydrogens is 299 g/mol. The quantitative estimate of drug-likeness (QED) is 0.919. The molecule has 0 aliphatic carbocycles. The van der Waals surface area contributed by atoms with Crippen LogP contribution in [0.15, 0.2) is 24.3 Å². The largest absolute Gasteiger partial charge is 0.573 e. The number of carbonyl (C=O) groups excluding carboxylic acids is 1. The summed E-state index contributed by atoms with van der Waals surface area (Å²) in [6, 6.07) is 5.28. The van der Waals surface area contributed by atoms with Crippen molar-refractivity contribution in [2.45, 2.75) is 19.3 Å². The summed E-state index contributed by atoms with van der Waals surface area (Å²) in [5.74, 6) is -0.368. The third-order valence-corrected chi connectivity index (χ3v) is 3.40. The zero-order chi connectivity index (χ0) is 16.3. The van der Waals surface area contributed by atoms with Crippen LogP contribution in [0, 0.1) is 0 Å². The highest BCUT2D eigenvalue weighted by atomic mass is 19.4. The number of hydrogen-bond acceptors (Lipinski definition) is 4. The number of ether oxygens (including phenoxy) is 1. The predicted molar refractivity (Wildman–Crippen MR) is 75.6 cm³/mol. The third-order valence-electron chi connectivity index (χ3n) is 3.40. The highest BCUT2D eigenvalue weighted by molar-refractivity contribution is 5.81. The fourth-order valence-corrected chi connectivity index (χ4v) is 2.35. The summed E-state index contributed by atoms with van der Waals surface area (Å²) < 4.78 is 40.6. The van der Waals surface area contributed by atoms with Crippen molar-refractivity contribution in [2.24, 2.45) is 5.73 Å². The second-order valence-electron chi connectivity index (χ2n) is 5.15. The lowest BCUT2D eigenvalue weighted by Gasteiger charge is -2.36. The van der Waals surface area contributed by atoms with Crippen LogP contribution in [-0.4, -0.2) is 49.4 Å². The van der Waals surface area contributed by atoms with Gasteiger partial charge in [-0.2, -0.15) is 0 Å². The molecule has 0 bridgehead atoms. The van der Waals surface area contributed by atoms with E-state index in [2.05, 4.69) is 4.74 Å². The Labute approximate surface area is 126 Å². The Morgan fingerprint density at radius 3 is 2.45 bits per heavy atom. The topological polar surface area (TPSA) is 58.8 Å². The Balaban J connectivity index is 1.99. The van der Waals surface area contributed by atoms with Crippen LogP contribution in [0.4, 0.5) is 18.9 Å². The summed E-state index contributed by atoms with van der Waals surface area (Å²) in [6.45, 7) is 3.68. The Kier molecular flexibility index (Phi) is 4.80. The van der Waals surface area contributed by atoms with Crippen molar-refractivity contribution in [3.05, 3.63) is 24.3 Å². The molecule has 0 radical (unpaired) electrons. The van der Waals surface area contributed by atoms with E-state index in [1.54, 1.807) is 17.9 Å². The number of nitrogens with two attached hydrogens (primary N) is 1. The highest BCUT2D eigenvalue weighted by Gasteiger charge is 2.31. The van der Waals surface area contributed by atoms with E-state index in [4.69, 9.17) is 5.73 Å². The molecule has 2 rings (SSSR count). The van der Waals surface area contributed by atoms with E-state index in [9.17, 15) is 18.0 Å². The molecule has 1 aliphatic rings. The third kappa shape index (κ3) is 4.27. The van der Waals surface area contributed by atoms with Crippen LogP contribution in [0.1, 0.15) is 6.92 Å². The van der Waals surface area contributed by atoms with Crippen molar-refractivity contribution in [1.82, 2.24) is 4.90 Å². The van der Waals surface area contributed by atoms with Crippen molar-refractivity contribution in [1.29, 1.82) is 0 Å². The van der Waals surface area contributed by atoms with E-state index >= 15 is 0 Å². The van der Waals surface area contributed by atoms with Crippen LogP contribution < -0.4 is 15.4 Å². The Bertz CT molecular complexity index is 526. The minimum atomic E-state index is -4.71. The average Bonchev–Trinajstić information content (AvgIpc) is 2.45. The maximum absolute atomic E-state index is 12.2. The molecule has 1 aromatic rings. The molecule has 122 valence electrons. The van der Waals surface area contributed by atoms with E-state index < -0.39 is 12.4 Å². The lowest BCUT2D eigenvalue weighted by Crippen LogP contribution is -2.52. The normalized spacial score (nSPS) is 17.3. The monoisotopic (exact) mass is 317 g/mol. The van der Waals surface area contributed by atoms with Gasteiger partial charge < -0.3 is 20.3 Å². The van der Waals surface area contributed by atoms with Gasteiger partial charge in [-0.15, -0.1) is 13.2 Å². The molecule has 0 saturated carbocycles.